The lowest BCUT2D eigenvalue weighted by molar-refractivity contribution is -0.187. The molecule has 0 aromatic heterocycles. The number of hydrogen-bond donors (Lipinski definition) is 3. The number of carbonyl (C=O) groups is 1. The second kappa shape index (κ2) is 8.43. The van der Waals surface area contributed by atoms with E-state index in [0.29, 0.717) is 25.9 Å². The summed E-state index contributed by atoms with van der Waals surface area (Å²) in [5, 5.41) is 22.4. The summed E-state index contributed by atoms with van der Waals surface area (Å²) in [6, 6.07) is 6.29. The Balaban J connectivity index is 1.36. The van der Waals surface area contributed by atoms with Crippen molar-refractivity contribution in [3.8, 4) is 0 Å². The third-order valence-corrected chi connectivity index (χ3v) is 5.37. The van der Waals surface area contributed by atoms with Crippen molar-refractivity contribution in [2.24, 2.45) is 0 Å². The van der Waals surface area contributed by atoms with Crippen LogP contribution in [0.4, 0.5) is 4.39 Å². The summed E-state index contributed by atoms with van der Waals surface area (Å²) in [5.41, 5.74) is 0.621. The zero-order valence-corrected chi connectivity index (χ0v) is 14.9. The van der Waals surface area contributed by atoms with Gasteiger partial charge in [0.05, 0.1) is 24.9 Å². The molecule has 2 aliphatic heterocycles. The zero-order chi connectivity index (χ0) is 18.6. The Kier molecular flexibility index (Phi) is 6.24. The number of ether oxygens (including phenoxy) is 1. The fraction of sp³-hybridized carbons (Fsp3) is 0.632. The Morgan fingerprint density at radius 3 is 2.58 bits per heavy atom. The topological polar surface area (TPSA) is 82.0 Å². The molecule has 1 aromatic carbocycles. The van der Waals surface area contributed by atoms with Crippen molar-refractivity contribution in [2.45, 2.75) is 43.5 Å². The van der Waals surface area contributed by atoms with Crippen molar-refractivity contribution < 1.29 is 24.1 Å². The van der Waals surface area contributed by atoms with Gasteiger partial charge in [-0.3, -0.25) is 9.69 Å². The summed E-state index contributed by atoms with van der Waals surface area (Å²) in [4.78, 5) is 14.2. The number of amides is 1. The number of benzene rings is 1. The molecule has 7 heteroatoms. The summed E-state index contributed by atoms with van der Waals surface area (Å²) >= 11 is 0. The number of aliphatic hydroxyl groups is 2. The third kappa shape index (κ3) is 5.01. The highest BCUT2D eigenvalue weighted by molar-refractivity contribution is 5.78. The first-order valence-corrected chi connectivity index (χ1v) is 9.19. The normalized spacial score (nSPS) is 26.0. The largest absolute Gasteiger partial charge is 0.390 e. The van der Waals surface area contributed by atoms with Gasteiger partial charge in [0, 0.05) is 26.1 Å². The number of nitrogens with zero attached hydrogens (tertiary/aromatic N) is 1. The monoisotopic (exact) mass is 366 g/mol. The SMILES string of the molecule is O=C(CN1CCC2(CC1)C[C@@H](O)[C@@H](O)CO2)NCCc1ccc(F)cc1. The van der Waals surface area contributed by atoms with E-state index in [-0.39, 0.29) is 23.9 Å². The van der Waals surface area contributed by atoms with E-state index < -0.39 is 12.2 Å². The van der Waals surface area contributed by atoms with Gasteiger partial charge in [0.2, 0.25) is 5.91 Å². The van der Waals surface area contributed by atoms with E-state index in [2.05, 4.69) is 10.2 Å². The van der Waals surface area contributed by atoms with Gasteiger partial charge >= 0.3 is 0 Å². The van der Waals surface area contributed by atoms with Gasteiger partial charge in [-0.15, -0.1) is 0 Å². The van der Waals surface area contributed by atoms with Gasteiger partial charge in [-0.25, -0.2) is 4.39 Å². The maximum Gasteiger partial charge on any atom is 0.234 e. The standard InChI is InChI=1S/C19H27FN2O4/c20-15-3-1-14(2-4-15)5-8-21-18(25)12-22-9-6-19(7-10-22)11-16(23)17(24)13-26-19/h1-4,16-17,23-24H,5-13H2,(H,21,25)/t16-,17+/m1/s1. The predicted molar refractivity (Wildman–Crippen MR) is 94.1 cm³/mol. The third-order valence-electron chi connectivity index (χ3n) is 5.37. The first-order valence-electron chi connectivity index (χ1n) is 9.19. The van der Waals surface area contributed by atoms with Gasteiger partial charge in [-0.05, 0) is 37.0 Å². The Labute approximate surface area is 153 Å². The van der Waals surface area contributed by atoms with Crippen LogP contribution in [0.15, 0.2) is 24.3 Å². The van der Waals surface area contributed by atoms with Crippen molar-refractivity contribution in [1.29, 1.82) is 0 Å². The molecule has 2 saturated heterocycles. The molecule has 2 atom stereocenters. The number of aliphatic hydroxyl groups excluding tert-OH is 2. The molecule has 3 N–H and O–H groups in total. The van der Waals surface area contributed by atoms with Crippen LogP contribution in [-0.2, 0) is 16.0 Å². The smallest absolute Gasteiger partial charge is 0.234 e. The molecule has 6 nitrogen and oxygen atoms in total. The number of nitrogens with one attached hydrogen (secondary N) is 1. The second-order valence-electron chi connectivity index (χ2n) is 7.34. The summed E-state index contributed by atoms with van der Waals surface area (Å²) in [5.74, 6) is -0.285. The number of carbonyl (C=O) groups excluding carboxylic acids is 1. The molecule has 0 unspecified atom stereocenters. The molecule has 2 fully saturated rings. The van der Waals surface area contributed by atoms with Crippen LogP contribution in [0.25, 0.3) is 0 Å². The maximum absolute atomic E-state index is 12.9. The minimum atomic E-state index is -0.800. The van der Waals surface area contributed by atoms with Crippen LogP contribution in [0.5, 0.6) is 0 Å². The summed E-state index contributed by atoms with van der Waals surface area (Å²) in [7, 11) is 0. The molecule has 1 aromatic rings. The van der Waals surface area contributed by atoms with Crippen LogP contribution < -0.4 is 5.32 Å². The first-order chi connectivity index (χ1) is 12.5. The number of piperidine rings is 1. The van der Waals surface area contributed by atoms with Crippen LogP contribution in [0.1, 0.15) is 24.8 Å². The van der Waals surface area contributed by atoms with Crippen LogP contribution >= 0.6 is 0 Å². The lowest BCUT2D eigenvalue weighted by Gasteiger charge is -2.46. The van der Waals surface area contributed by atoms with Crippen LogP contribution in [0, 0.1) is 5.82 Å². The van der Waals surface area contributed by atoms with E-state index in [4.69, 9.17) is 4.74 Å². The van der Waals surface area contributed by atoms with Crippen molar-refractivity contribution in [3.63, 3.8) is 0 Å². The highest BCUT2D eigenvalue weighted by atomic mass is 19.1. The van der Waals surface area contributed by atoms with E-state index in [1.54, 1.807) is 12.1 Å². The second-order valence-corrected chi connectivity index (χ2v) is 7.34. The van der Waals surface area contributed by atoms with Crippen LogP contribution in [-0.4, -0.2) is 71.6 Å². The molecule has 1 amide bonds. The highest BCUT2D eigenvalue weighted by Gasteiger charge is 2.43. The lowest BCUT2D eigenvalue weighted by Crippen LogP contribution is -2.55. The number of halogens is 1. The summed E-state index contributed by atoms with van der Waals surface area (Å²) in [6.45, 7) is 2.49. The molecular formula is C19H27FN2O4. The minimum Gasteiger partial charge on any atom is -0.390 e. The minimum absolute atomic E-state index is 0.0249. The number of hydrogen-bond acceptors (Lipinski definition) is 5. The van der Waals surface area contributed by atoms with Crippen molar-refractivity contribution in [3.05, 3.63) is 35.6 Å². The average Bonchev–Trinajstić information content (AvgIpc) is 2.62. The van der Waals surface area contributed by atoms with Gasteiger partial charge in [0.1, 0.15) is 11.9 Å². The Morgan fingerprint density at radius 2 is 1.92 bits per heavy atom. The Morgan fingerprint density at radius 1 is 1.23 bits per heavy atom. The fourth-order valence-electron chi connectivity index (χ4n) is 3.67. The van der Waals surface area contributed by atoms with Gasteiger partial charge in [0.25, 0.3) is 0 Å². The Bertz CT molecular complexity index is 602. The van der Waals surface area contributed by atoms with Crippen LogP contribution in [0.2, 0.25) is 0 Å². The van der Waals surface area contributed by atoms with E-state index in [9.17, 15) is 19.4 Å². The highest BCUT2D eigenvalue weighted by Crippen LogP contribution is 2.35. The van der Waals surface area contributed by atoms with Crippen molar-refractivity contribution in [2.75, 3.05) is 32.8 Å². The van der Waals surface area contributed by atoms with Gasteiger partial charge < -0.3 is 20.3 Å². The molecule has 26 heavy (non-hydrogen) atoms. The first kappa shape index (κ1) is 19.2. The van der Waals surface area contributed by atoms with E-state index >= 15 is 0 Å². The molecule has 144 valence electrons. The zero-order valence-electron chi connectivity index (χ0n) is 14.9. The Hall–Kier alpha value is -1.54. The molecule has 0 aliphatic carbocycles. The molecular weight excluding hydrogens is 339 g/mol. The van der Waals surface area contributed by atoms with Gasteiger partial charge in [0.15, 0.2) is 0 Å². The number of rotatable bonds is 5. The van der Waals surface area contributed by atoms with Crippen molar-refractivity contribution >= 4 is 5.91 Å². The predicted octanol–water partition coefficient (Wildman–Crippen LogP) is 0.461. The van der Waals surface area contributed by atoms with Crippen LogP contribution in [0.3, 0.4) is 0 Å². The maximum atomic E-state index is 12.9. The van der Waals surface area contributed by atoms with E-state index in [1.165, 1.54) is 12.1 Å². The quantitative estimate of drug-likeness (QED) is 0.705. The summed E-state index contributed by atoms with van der Waals surface area (Å²) < 4.78 is 18.7. The molecule has 2 aliphatic rings. The lowest BCUT2D eigenvalue weighted by atomic mass is 9.82. The van der Waals surface area contributed by atoms with Gasteiger partial charge in [-0.2, -0.15) is 0 Å². The molecule has 2 heterocycles. The molecule has 1 spiro atoms. The molecule has 0 radical (unpaired) electrons. The van der Waals surface area contributed by atoms with E-state index in [0.717, 1.165) is 31.5 Å². The average molecular weight is 366 g/mol. The number of likely N-dealkylation sites (tertiary alicyclic amines) is 1. The van der Waals surface area contributed by atoms with Gasteiger partial charge in [-0.1, -0.05) is 12.1 Å². The van der Waals surface area contributed by atoms with E-state index in [1.807, 2.05) is 0 Å². The molecule has 3 rings (SSSR count). The molecule has 0 bridgehead atoms. The summed E-state index contributed by atoms with van der Waals surface area (Å²) in [6.07, 6.45) is 1.09. The molecule has 0 saturated carbocycles. The fourth-order valence-corrected chi connectivity index (χ4v) is 3.67. The van der Waals surface area contributed by atoms with Crippen molar-refractivity contribution in [1.82, 2.24) is 10.2 Å².